The third-order valence-electron chi connectivity index (χ3n) is 5.13. The van der Waals surface area contributed by atoms with E-state index < -0.39 is 0 Å². The molecule has 2 fully saturated rings. The minimum Gasteiger partial charge on any atom is -0.266 e. The molecule has 0 bridgehead atoms. The molecule has 0 aromatic carbocycles. The lowest BCUT2D eigenvalue weighted by Gasteiger charge is -2.57. The van der Waals surface area contributed by atoms with Crippen molar-refractivity contribution < 1.29 is 0 Å². The van der Waals surface area contributed by atoms with E-state index in [0.29, 0.717) is 11.3 Å². The molecule has 0 amide bonds. The molecule has 1 N–H and O–H groups in total. The van der Waals surface area contributed by atoms with Gasteiger partial charge in [-0.05, 0) is 55.6 Å². The van der Waals surface area contributed by atoms with Crippen molar-refractivity contribution in [2.24, 2.45) is 11.3 Å². The normalized spacial score (nSPS) is 33.4. The predicted molar refractivity (Wildman–Crippen MR) is 73.4 cm³/mol. The van der Waals surface area contributed by atoms with Crippen LogP contribution in [-0.4, -0.2) is 14.6 Å². The molecule has 4 rings (SSSR count). The van der Waals surface area contributed by atoms with Crippen molar-refractivity contribution in [2.45, 2.75) is 45.4 Å². The topological polar surface area (TPSA) is 50.2 Å². The quantitative estimate of drug-likeness (QED) is 0.853. The monoisotopic (exact) mass is 257 g/mol. The summed E-state index contributed by atoms with van der Waals surface area (Å²) in [6.45, 7) is 4.39. The Bertz CT molecular complexity index is 698. The van der Waals surface area contributed by atoms with Crippen LogP contribution in [0, 0.1) is 18.3 Å². The van der Waals surface area contributed by atoms with Crippen molar-refractivity contribution in [3.63, 3.8) is 0 Å². The molecule has 0 saturated heterocycles. The molecular weight excluding hydrogens is 238 g/mol. The van der Waals surface area contributed by atoms with Crippen LogP contribution in [0.25, 0.3) is 5.52 Å². The molecule has 19 heavy (non-hydrogen) atoms. The Morgan fingerprint density at radius 1 is 1.37 bits per heavy atom. The molecule has 2 aromatic rings. The van der Waals surface area contributed by atoms with E-state index in [9.17, 15) is 4.79 Å². The maximum absolute atomic E-state index is 11.8. The minimum atomic E-state index is -0.141. The Morgan fingerprint density at radius 2 is 2.11 bits per heavy atom. The Hall–Kier alpha value is -1.58. The van der Waals surface area contributed by atoms with Gasteiger partial charge in [-0.3, -0.25) is 4.40 Å². The standard InChI is InChI=1S/C15H19N3O/c1-9-5-15(6-9)7-11(8-15)12-13-10(2)3-4-18(13)14(19)17-16-12/h3-4,9,11H,5-8H2,1-2H3,(H,17,19). The number of aromatic nitrogens is 3. The van der Waals surface area contributed by atoms with Gasteiger partial charge in [-0.2, -0.15) is 5.10 Å². The molecule has 0 radical (unpaired) electrons. The van der Waals surface area contributed by atoms with Crippen LogP contribution >= 0.6 is 0 Å². The maximum Gasteiger partial charge on any atom is 0.346 e. The first kappa shape index (κ1) is 11.3. The van der Waals surface area contributed by atoms with Gasteiger partial charge in [-0.25, -0.2) is 9.89 Å². The van der Waals surface area contributed by atoms with Gasteiger partial charge >= 0.3 is 5.69 Å². The van der Waals surface area contributed by atoms with Gasteiger partial charge in [-0.15, -0.1) is 0 Å². The third kappa shape index (κ3) is 1.46. The zero-order valence-electron chi connectivity index (χ0n) is 11.4. The van der Waals surface area contributed by atoms with Crippen LogP contribution in [-0.2, 0) is 0 Å². The molecule has 2 heterocycles. The van der Waals surface area contributed by atoms with Crippen LogP contribution in [0.2, 0.25) is 0 Å². The number of aryl methyl sites for hydroxylation is 1. The summed E-state index contributed by atoms with van der Waals surface area (Å²) in [4.78, 5) is 11.8. The molecule has 2 aliphatic rings. The largest absolute Gasteiger partial charge is 0.346 e. The lowest BCUT2D eigenvalue weighted by molar-refractivity contribution is -0.0351. The van der Waals surface area contributed by atoms with E-state index in [0.717, 1.165) is 22.7 Å². The van der Waals surface area contributed by atoms with Gasteiger partial charge in [0.25, 0.3) is 0 Å². The number of fused-ring (bicyclic) bond motifs is 1. The van der Waals surface area contributed by atoms with E-state index in [1.54, 1.807) is 4.40 Å². The molecule has 4 heteroatoms. The molecule has 4 nitrogen and oxygen atoms in total. The number of rotatable bonds is 1. The van der Waals surface area contributed by atoms with Gasteiger partial charge in [0.1, 0.15) is 0 Å². The fourth-order valence-corrected chi connectivity index (χ4v) is 4.45. The Balaban J connectivity index is 1.71. The summed E-state index contributed by atoms with van der Waals surface area (Å²) in [5, 5.41) is 6.98. The van der Waals surface area contributed by atoms with Gasteiger partial charge < -0.3 is 0 Å². The maximum atomic E-state index is 11.8. The minimum absolute atomic E-state index is 0.141. The van der Waals surface area contributed by atoms with Crippen molar-refractivity contribution in [1.82, 2.24) is 14.6 Å². The number of nitrogens with one attached hydrogen (secondary N) is 1. The molecule has 0 atom stereocenters. The molecule has 2 aliphatic carbocycles. The molecule has 100 valence electrons. The molecule has 2 aromatic heterocycles. The highest BCUT2D eigenvalue weighted by atomic mass is 16.1. The van der Waals surface area contributed by atoms with Crippen LogP contribution in [0.15, 0.2) is 17.1 Å². The second-order valence-electron chi connectivity index (χ2n) is 6.75. The molecular formula is C15H19N3O. The van der Waals surface area contributed by atoms with Gasteiger partial charge in [0, 0.05) is 12.1 Å². The van der Waals surface area contributed by atoms with E-state index in [1.165, 1.54) is 25.7 Å². The lowest BCUT2D eigenvalue weighted by Crippen LogP contribution is -2.46. The third-order valence-corrected chi connectivity index (χ3v) is 5.13. The van der Waals surface area contributed by atoms with Gasteiger partial charge in [0.2, 0.25) is 0 Å². The summed E-state index contributed by atoms with van der Waals surface area (Å²) in [6, 6.07) is 2.00. The van der Waals surface area contributed by atoms with E-state index >= 15 is 0 Å². The van der Waals surface area contributed by atoms with Crippen molar-refractivity contribution >= 4 is 5.52 Å². The second-order valence-corrected chi connectivity index (χ2v) is 6.75. The zero-order chi connectivity index (χ0) is 13.2. The number of nitrogens with zero attached hydrogens (tertiary/aromatic N) is 2. The first-order valence-electron chi connectivity index (χ1n) is 7.14. The average molecular weight is 257 g/mol. The number of hydrogen-bond donors (Lipinski definition) is 1. The highest BCUT2D eigenvalue weighted by Gasteiger charge is 2.52. The molecule has 0 aliphatic heterocycles. The smallest absolute Gasteiger partial charge is 0.266 e. The number of aromatic amines is 1. The predicted octanol–water partition coefficient (Wildman–Crippen LogP) is 2.62. The fraction of sp³-hybridized carbons (Fsp3) is 0.600. The first-order valence-corrected chi connectivity index (χ1v) is 7.14. The van der Waals surface area contributed by atoms with E-state index in [1.807, 2.05) is 12.3 Å². The summed E-state index contributed by atoms with van der Waals surface area (Å²) >= 11 is 0. The van der Waals surface area contributed by atoms with Crippen molar-refractivity contribution in [3.8, 4) is 0 Å². The summed E-state index contributed by atoms with van der Waals surface area (Å²) in [5.74, 6) is 1.43. The van der Waals surface area contributed by atoms with Gasteiger partial charge in [0.15, 0.2) is 0 Å². The SMILES string of the molecule is Cc1ccn2c(=O)[nH]nc(C3CC4(CC(C)C4)C3)c12. The fourth-order valence-electron chi connectivity index (χ4n) is 4.45. The van der Waals surface area contributed by atoms with Crippen molar-refractivity contribution in [2.75, 3.05) is 0 Å². The van der Waals surface area contributed by atoms with Crippen LogP contribution in [0.3, 0.4) is 0 Å². The van der Waals surface area contributed by atoms with Crippen molar-refractivity contribution in [1.29, 1.82) is 0 Å². The van der Waals surface area contributed by atoms with Crippen LogP contribution in [0.4, 0.5) is 0 Å². The summed E-state index contributed by atoms with van der Waals surface area (Å²) < 4.78 is 1.70. The van der Waals surface area contributed by atoms with Crippen LogP contribution < -0.4 is 5.69 Å². The Morgan fingerprint density at radius 3 is 2.79 bits per heavy atom. The van der Waals surface area contributed by atoms with Gasteiger partial charge in [0.05, 0.1) is 11.2 Å². The van der Waals surface area contributed by atoms with E-state index in [-0.39, 0.29) is 5.69 Å². The molecule has 2 saturated carbocycles. The second kappa shape index (κ2) is 3.50. The summed E-state index contributed by atoms with van der Waals surface area (Å²) in [7, 11) is 0. The molecule has 0 unspecified atom stereocenters. The average Bonchev–Trinajstić information content (AvgIpc) is 2.67. The Labute approximate surface area is 111 Å². The molecule has 1 spiro atoms. The zero-order valence-corrected chi connectivity index (χ0v) is 11.4. The first-order chi connectivity index (χ1) is 9.08. The van der Waals surface area contributed by atoms with E-state index in [4.69, 9.17) is 0 Å². The van der Waals surface area contributed by atoms with Crippen LogP contribution in [0.1, 0.15) is 49.8 Å². The number of H-pyrrole nitrogens is 1. The van der Waals surface area contributed by atoms with Crippen molar-refractivity contribution in [3.05, 3.63) is 34.0 Å². The highest BCUT2D eigenvalue weighted by molar-refractivity contribution is 5.60. The van der Waals surface area contributed by atoms with Crippen LogP contribution in [0.5, 0.6) is 0 Å². The summed E-state index contributed by atoms with van der Waals surface area (Å²) in [6.07, 6.45) is 7.09. The Kier molecular flexibility index (Phi) is 2.07. The lowest BCUT2D eigenvalue weighted by atomic mass is 9.48. The highest BCUT2D eigenvalue weighted by Crippen LogP contribution is 2.63. The van der Waals surface area contributed by atoms with E-state index in [2.05, 4.69) is 24.0 Å². The summed E-state index contributed by atoms with van der Waals surface area (Å²) in [5.41, 5.74) is 3.73. The van der Waals surface area contributed by atoms with Gasteiger partial charge in [-0.1, -0.05) is 6.92 Å². The number of hydrogen-bond acceptors (Lipinski definition) is 2.